The zero-order chi connectivity index (χ0) is 32.4. The first kappa shape index (κ1) is 32.5. The minimum absolute atomic E-state index is 0.0438. The molecule has 4 aliphatic rings. The number of methoxy groups -OCH3 is 2. The Kier molecular flexibility index (Phi) is 9.57. The zero-order valence-corrected chi connectivity index (χ0v) is 27.1. The molecule has 3 fully saturated rings. The third-order valence-corrected chi connectivity index (χ3v) is 11.1. The molecule has 45 heavy (non-hydrogen) atoms. The van der Waals surface area contributed by atoms with Gasteiger partial charge in [-0.3, -0.25) is 14.4 Å². The Labute approximate surface area is 266 Å². The van der Waals surface area contributed by atoms with Gasteiger partial charge in [-0.25, -0.2) is 0 Å². The van der Waals surface area contributed by atoms with Crippen LogP contribution in [0.2, 0.25) is 0 Å². The topological polar surface area (TPSA) is 99.1 Å². The van der Waals surface area contributed by atoms with E-state index in [0.717, 1.165) is 50.5 Å². The van der Waals surface area contributed by atoms with Crippen LogP contribution in [0.25, 0.3) is 6.08 Å². The number of allylic oxidation sites excluding steroid dienone is 2. The van der Waals surface area contributed by atoms with Gasteiger partial charge >= 0.3 is 5.97 Å². The van der Waals surface area contributed by atoms with Crippen molar-refractivity contribution >= 4 is 23.6 Å². The monoisotopic (exact) mass is 614 g/mol. The average molecular weight is 615 g/mol. The van der Waals surface area contributed by atoms with Crippen molar-refractivity contribution in [1.29, 1.82) is 0 Å². The maximum Gasteiger partial charge on any atom is 0.302 e. The second kappa shape index (κ2) is 13.2. The van der Waals surface area contributed by atoms with Crippen LogP contribution in [-0.2, 0) is 14.3 Å². The molecule has 4 aliphatic carbocycles. The van der Waals surface area contributed by atoms with Crippen molar-refractivity contribution in [3.63, 3.8) is 0 Å². The number of phenols is 1. The Morgan fingerprint density at radius 1 is 0.956 bits per heavy atom. The number of carbonyl (C=O) groups is 3. The third kappa shape index (κ3) is 6.45. The molecule has 2 aromatic rings. The molecular weight excluding hydrogens is 568 g/mol. The summed E-state index contributed by atoms with van der Waals surface area (Å²) in [6.07, 6.45) is 13.9. The van der Waals surface area contributed by atoms with E-state index in [9.17, 15) is 19.5 Å². The van der Waals surface area contributed by atoms with Gasteiger partial charge in [0.1, 0.15) is 34.7 Å². The number of hydrogen-bond donors (Lipinski definition) is 1. The maximum atomic E-state index is 12.4. The highest BCUT2D eigenvalue weighted by molar-refractivity contribution is 6.10. The van der Waals surface area contributed by atoms with Crippen molar-refractivity contribution in [2.45, 2.75) is 78.2 Å². The van der Waals surface area contributed by atoms with E-state index < -0.39 is 0 Å². The molecule has 7 nitrogen and oxygen atoms in total. The fraction of sp³-hybridized carbons (Fsp3) is 0.500. The molecule has 6 atom stereocenters. The number of Topliss-reactive ketones (excluding diaryl/α,β-unsaturated/α-hetero) is 1. The molecule has 0 heterocycles. The summed E-state index contributed by atoms with van der Waals surface area (Å²) < 4.78 is 15.7. The van der Waals surface area contributed by atoms with Crippen LogP contribution in [0.4, 0.5) is 0 Å². The Hall–Kier alpha value is -3.87. The van der Waals surface area contributed by atoms with Crippen molar-refractivity contribution in [2.75, 3.05) is 14.2 Å². The first-order valence-corrected chi connectivity index (χ1v) is 16.1. The molecular formula is C38H46O7. The molecule has 0 saturated heterocycles. The number of benzene rings is 2. The standard InChI is InChI=1S/C21H30O3.C17H16O4/c1-13(22)24-15-8-10-20(2)14(12-15)4-5-16-17-6-7-19(23)21(17,3)11-9-18(16)20;1-20-13-10-15(19)17(16(11-13)21-2)14(18)9-8-12-6-4-3-5-7-12/h4,15-18H,5-12H2,1-3H3;3-11,19H,1-2H3. The zero-order valence-electron chi connectivity index (χ0n) is 27.1. The van der Waals surface area contributed by atoms with E-state index in [4.69, 9.17) is 14.2 Å². The van der Waals surface area contributed by atoms with E-state index >= 15 is 0 Å². The second-order valence-corrected chi connectivity index (χ2v) is 13.5. The van der Waals surface area contributed by atoms with E-state index in [2.05, 4.69) is 19.9 Å². The van der Waals surface area contributed by atoms with Gasteiger partial charge in [-0.1, -0.05) is 61.9 Å². The van der Waals surface area contributed by atoms with Crippen molar-refractivity contribution in [3.8, 4) is 17.2 Å². The predicted molar refractivity (Wildman–Crippen MR) is 173 cm³/mol. The van der Waals surface area contributed by atoms with Crippen LogP contribution in [-0.4, -0.2) is 43.0 Å². The van der Waals surface area contributed by atoms with Crippen LogP contribution in [0, 0.1) is 28.6 Å². The van der Waals surface area contributed by atoms with Gasteiger partial charge in [-0.15, -0.1) is 0 Å². The summed E-state index contributed by atoms with van der Waals surface area (Å²) >= 11 is 0. The number of phenolic OH excluding ortho intramolecular Hbond substituents is 1. The predicted octanol–water partition coefficient (Wildman–Crippen LogP) is 7.76. The molecule has 6 unspecified atom stereocenters. The Morgan fingerprint density at radius 2 is 1.67 bits per heavy atom. The van der Waals surface area contributed by atoms with E-state index in [1.807, 2.05) is 30.3 Å². The molecule has 0 aliphatic heterocycles. The van der Waals surface area contributed by atoms with Crippen LogP contribution >= 0.6 is 0 Å². The molecule has 0 aromatic heterocycles. The number of rotatable bonds is 6. The Balaban J connectivity index is 0.000000180. The Morgan fingerprint density at radius 3 is 2.36 bits per heavy atom. The minimum Gasteiger partial charge on any atom is -0.507 e. The number of hydrogen-bond acceptors (Lipinski definition) is 7. The van der Waals surface area contributed by atoms with E-state index in [1.54, 1.807) is 12.1 Å². The van der Waals surface area contributed by atoms with Crippen LogP contribution in [0.1, 0.15) is 88.1 Å². The lowest BCUT2D eigenvalue weighted by atomic mass is 9.48. The van der Waals surface area contributed by atoms with Gasteiger partial charge in [-0.05, 0) is 73.3 Å². The third-order valence-electron chi connectivity index (χ3n) is 11.1. The smallest absolute Gasteiger partial charge is 0.302 e. The van der Waals surface area contributed by atoms with Crippen LogP contribution in [0.3, 0.4) is 0 Å². The molecule has 0 radical (unpaired) electrons. The lowest BCUT2D eigenvalue weighted by Crippen LogP contribution is -2.50. The minimum atomic E-state index is -0.337. The molecule has 1 N–H and O–H groups in total. The highest BCUT2D eigenvalue weighted by Gasteiger charge is 2.58. The summed E-state index contributed by atoms with van der Waals surface area (Å²) in [4.78, 5) is 36.0. The van der Waals surface area contributed by atoms with Crippen LogP contribution in [0.5, 0.6) is 17.2 Å². The van der Waals surface area contributed by atoms with Gasteiger partial charge in [0.2, 0.25) is 0 Å². The summed E-state index contributed by atoms with van der Waals surface area (Å²) in [6, 6.07) is 12.4. The normalized spacial score (nSPS) is 30.2. The fourth-order valence-corrected chi connectivity index (χ4v) is 8.66. The highest BCUT2D eigenvalue weighted by Crippen LogP contribution is 2.64. The summed E-state index contributed by atoms with van der Waals surface area (Å²) in [5.41, 5.74) is 2.75. The first-order valence-electron chi connectivity index (χ1n) is 16.1. The lowest BCUT2D eigenvalue weighted by Gasteiger charge is -2.56. The number of fused-ring (bicyclic) bond motifs is 5. The van der Waals surface area contributed by atoms with Gasteiger partial charge in [0.15, 0.2) is 5.78 Å². The number of esters is 1. The van der Waals surface area contributed by atoms with Gasteiger partial charge in [-0.2, -0.15) is 0 Å². The van der Waals surface area contributed by atoms with E-state index in [0.29, 0.717) is 29.3 Å². The van der Waals surface area contributed by atoms with Crippen molar-refractivity contribution in [3.05, 3.63) is 71.3 Å². The lowest BCUT2D eigenvalue weighted by molar-refractivity contribution is -0.148. The van der Waals surface area contributed by atoms with Gasteiger partial charge < -0.3 is 19.3 Å². The molecule has 2 aromatic carbocycles. The molecule has 6 rings (SSSR count). The SMILES string of the molecule is CC(=O)OC1CCC2(C)C(=CCC3C4CCC(=O)C4(C)CCC32)C1.COc1cc(O)c(C(=O)C=Cc2ccccc2)c(OC)c1. The average Bonchev–Trinajstić information content (AvgIpc) is 3.34. The maximum absolute atomic E-state index is 12.4. The number of ether oxygens (including phenoxy) is 3. The summed E-state index contributed by atoms with van der Waals surface area (Å²) in [5.74, 6) is 2.52. The molecule has 3 saturated carbocycles. The number of carbonyl (C=O) groups excluding carboxylic acids is 3. The molecule has 240 valence electrons. The molecule has 7 heteroatoms. The van der Waals surface area contributed by atoms with E-state index in [-0.39, 0.29) is 45.7 Å². The van der Waals surface area contributed by atoms with Gasteiger partial charge in [0.25, 0.3) is 0 Å². The summed E-state index contributed by atoms with van der Waals surface area (Å²) in [6.45, 7) is 6.19. The summed E-state index contributed by atoms with van der Waals surface area (Å²) in [5, 5.41) is 9.99. The van der Waals surface area contributed by atoms with E-state index in [1.165, 1.54) is 45.3 Å². The Bertz CT molecular complexity index is 1490. The van der Waals surface area contributed by atoms with Gasteiger partial charge in [0.05, 0.1) is 14.2 Å². The van der Waals surface area contributed by atoms with Gasteiger partial charge in [0, 0.05) is 37.3 Å². The highest BCUT2D eigenvalue weighted by atomic mass is 16.5. The molecule has 0 bridgehead atoms. The largest absolute Gasteiger partial charge is 0.507 e. The number of ketones is 2. The van der Waals surface area contributed by atoms with Crippen molar-refractivity contribution in [2.24, 2.45) is 28.6 Å². The second-order valence-electron chi connectivity index (χ2n) is 13.5. The quantitative estimate of drug-likeness (QED) is 0.154. The van der Waals surface area contributed by atoms with Crippen molar-refractivity contribution in [1.82, 2.24) is 0 Å². The van der Waals surface area contributed by atoms with Crippen molar-refractivity contribution < 1.29 is 33.7 Å². The first-order chi connectivity index (χ1) is 21.5. The number of aromatic hydroxyl groups is 1. The van der Waals surface area contributed by atoms with Crippen LogP contribution < -0.4 is 9.47 Å². The fourth-order valence-electron chi connectivity index (χ4n) is 8.66. The molecule has 0 amide bonds. The van der Waals surface area contributed by atoms with Crippen LogP contribution in [0.15, 0.2) is 60.2 Å². The summed E-state index contributed by atoms with van der Waals surface area (Å²) in [7, 11) is 2.91. The molecule has 0 spiro atoms.